The van der Waals surface area contributed by atoms with Crippen LogP contribution in [0.4, 0.5) is 5.82 Å². The molecule has 0 amide bonds. The summed E-state index contributed by atoms with van der Waals surface area (Å²) in [7, 11) is 0. The molecule has 0 radical (unpaired) electrons. The molecule has 66 valence electrons. The molecule has 2 heterocycles. The van der Waals surface area contributed by atoms with E-state index in [2.05, 4.69) is 22.0 Å². The van der Waals surface area contributed by atoms with E-state index in [9.17, 15) is 0 Å². The van der Waals surface area contributed by atoms with Gasteiger partial charge in [-0.25, -0.2) is 4.98 Å². The van der Waals surface area contributed by atoms with Crippen molar-refractivity contribution in [2.24, 2.45) is 0 Å². The third-order valence-electron chi connectivity index (χ3n) is 2.01. The highest BCUT2D eigenvalue weighted by Gasteiger charge is 2.02. The molecule has 0 aromatic carbocycles. The molecule has 0 saturated carbocycles. The van der Waals surface area contributed by atoms with Gasteiger partial charge in [-0.2, -0.15) is 0 Å². The number of rotatable bonds is 1. The minimum absolute atomic E-state index is 0.909. The van der Waals surface area contributed by atoms with Crippen molar-refractivity contribution >= 4 is 5.82 Å². The van der Waals surface area contributed by atoms with E-state index in [1.807, 2.05) is 37.5 Å². The summed E-state index contributed by atoms with van der Waals surface area (Å²) < 4.78 is 0. The molecular weight excluding hydrogens is 160 g/mol. The molecule has 0 unspecified atom stereocenters. The van der Waals surface area contributed by atoms with Gasteiger partial charge in [0.1, 0.15) is 5.82 Å². The van der Waals surface area contributed by atoms with Crippen molar-refractivity contribution in [2.75, 3.05) is 11.4 Å². The number of pyridine rings is 1. The third kappa shape index (κ3) is 1.78. The third-order valence-corrected chi connectivity index (χ3v) is 2.01. The van der Waals surface area contributed by atoms with Crippen LogP contribution < -0.4 is 4.90 Å². The van der Waals surface area contributed by atoms with Crippen molar-refractivity contribution < 1.29 is 0 Å². The fourth-order valence-electron chi connectivity index (χ4n) is 1.27. The molecule has 0 aliphatic carbocycles. The number of hydrogen-bond acceptors (Lipinski definition) is 2. The van der Waals surface area contributed by atoms with Gasteiger partial charge in [-0.1, -0.05) is 18.2 Å². The standard InChI is InChI=1S/C11H12N2/c1-10-5-6-11(12-9-10)13-7-3-2-4-8-13/h2-7,9H,8H2,1H3. The molecule has 0 fully saturated rings. The van der Waals surface area contributed by atoms with E-state index in [1.54, 1.807) is 0 Å². The maximum Gasteiger partial charge on any atom is 0.132 e. The number of anilines is 1. The first-order chi connectivity index (χ1) is 6.36. The summed E-state index contributed by atoms with van der Waals surface area (Å²) in [6, 6.07) is 4.12. The number of aromatic nitrogens is 1. The largest absolute Gasteiger partial charge is 0.329 e. The van der Waals surface area contributed by atoms with Gasteiger partial charge in [-0.05, 0) is 24.6 Å². The second-order valence-corrected chi connectivity index (χ2v) is 3.12. The van der Waals surface area contributed by atoms with Gasteiger partial charge in [0.2, 0.25) is 0 Å². The SMILES string of the molecule is Cc1ccc(N2C=CC=CC2)nc1. The molecule has 0 saturated heterocycles. The van der Waals surface area contributed by atoms with Gasteiger partial charge >= 0.3 is 0 Å². The van der Waals surface area contributed by atoms with Gasteiger partial charge in [0.05, 0.1) is 0 Å². The minimum Gasteiger partial charge on any atom is -0.329 e. The van der Waals surface area contributed by atoms with Crippen molar-refractivity contribution in [3.8, 4) is 0 Å². The Hall–Kier alpha value is -1.57. The Balaban J connectivity index is 2.21. The fourth-order valence-corrected chi connectivity index (χ4v) is 1.27. The van der Waals surface area contributed by atoms with Crippen molar-refractivity contribution in [2.45, 2.75) is 6.92 Å². The fraction of sp³-hybridized carbons (Fsp3) is 0.182. The number of nitrogens with zero attached hydrogens (tertiary/aromatic N) is 2. The first-order valence-electron chi connectivity index (χ1n) is 4.39. The highest BCUT2D eigenvalue weighted by atomic mass is 15.2. The average molecular weight is 172 g/mol. The average Bonchev–Trinajstić information content (AvgIpc) is 2.20. The molecule has 0 N–H and O–H groups in total. The Labute approximate surface area is 78.2 Å². The van der Waals surface area contributed by atoms with Crippen LogP contribution in [0.1, 0.15) is 5.56 Å². The summed E-state index contributed by atoms with van der Waals surface area (Å²) in [6.07, 6.45) is 10.1. The molecule has 0 spiro atoms. The van der Waals surface area contributed by atoms with Crippen LogP contribution >= 0.6 is 0 Å². The van der Waals surface area contributed by atoms with Crippen LogP contribution in [-0.4, -0.2) is 11.5 Å². The topological polar surface area (TPSA) is 16.1 Å². The van der Waals surface area contributed by atoms with Crippen molar-refractivity contribution in [3.05, 3.63) is 48.3 Å². The molecule has 2 nitrogen and oxygen atoms in total. The van der Waals surface area contributed by atoms with E-state index in [0.717, 1.165) is 12.4 Å². The van der Waals surface area contributed by atoms with Crippen LogP contribution in [0.2, 0.25) is 0 Å². The zero-order chi connectivity index (χ0) is 9.10. The lowest BCUT2D eigenvalue weighted by Crippen LogP contribution is -2.18. The first kappa shape index (κ1) is 8.05. The summed E-state index contributed by atoms with van der Waals surface area (Å²) in [5.41, 5.74) is 1.19. The second kappa shape index (κ2) is 3.44. The van der Waals surface area contributed by atoms with E-state index in [-0.39, 0.29) is 0 Å². The molecule has 1 aliphatic heterocycles. The van der Waals surface area contributed by atoms with Gasteiger partial charge in [-0.3, -0.25) is 0 Å². The number of hydrogen-bond donors (Lipinski definition) is 0. The van der Waals surface area contributed by atoms with Gasteiger partial charge in [0, 0.05) is 18.9 Å². The van der Waals surface area contributed by atoms with Crippen molar-refractivity contribution in [1.29, 1.82) is 0 Å². The van der Waals surface area contributed by atoms with Crippen LogP contribution in [0.5, 0.6) is 0 Å². The van der Waals surface area contributed by atoms with E-state index in [1.165, 1.54) is 5.56 Å². The molecule has 1 aromatic heterocycles. The zero-order valence-electron chi connectivity index (χ0n) is 7.64. The molecule has 1 aromatic rings. The molecule has 0 atom stereocenters. The lowest BCUT2D eigenvalue weighted by molar-refractivity contribution is 1.02. The van der Waals surface area contributed by atoms with E-state index < -0.39 is 0 Å². The van der Waals surface area contributed by atoms with Crippen LogP contribution in [0, 0.1) is 6.92 Å². The Bertz CT molecular complexity index is 336. The number of aryl methyl sites for hydroxylation is 1. The molecular formula is C11H12N2. The summed E-state index contributed by atoms with van der Waals surface area (Å²) in [4.78, 5) is 6.45. The lowest BCUT2D eigenvalue weighted by Gasteiger charge is -2.19. The van der Waals surface area contributed by atoms with Gasteiger partial charge in [0.15, 0.2) is 0 Å². The van der Waals surface area contributed by atoms with Crippen molar-refractivity contribution in [3.63, 3.8) is 0 Å². The van der Waals surface area contributed by atoms with Gasteiger partial charge in [0.25, 0.3) is 0 Å². The van der Waals surface area contributed by atoms with Crippen LogP contribution in [0.3, 0.4) is 0 Å². The Kier molecular flexibility index (Phi) is 2.13. The maximum atomic E-state index is 4.34. The molecule has 13 heavy (non-hydrogen) atoms. The monoisotopic (exact) mass is 172 g/mol. The van der Waals surface area contributed by atoms with Gasteiger partial charge in [-0.15, -0.1) is 0 Å². The summed E-state index contributed by atoms with van der Waals surface area (Å²) in [5.74, 6) is 1.01. The predicted molar refractivity (Wildman–Crippen MR) is 54.6 cm³/mol. The molecule has 2 heteroatoms. The Morgan fingerprint density at radius 3 is 2.85 bits per heavy atom. The molecule has 0 bridgehead atoms. The number of allylic oxidation sites excluding steroid dienone is 2. The Morgan fingerprint density at radius 2 is 2.23 bits per heavy atom. The second-order valence-electron chi connectivity index (χ2n) is 3.12. The highest BCUT2D eigenvalue weighted by molar-refractivity contribution is 5.45. The van der Waals surface area contributed by atoms with Gasteiger partial charge < -0.3 is 4.90 Å². The van der Waals surface area contributed by atoms with Crippen LogP contribution in [0.15, 0.2) is 42.8 Å². The van der Waals surface area contributed by atoms with E-state index in [4.69, 9.17) is 0 Å². The maximum absolute atomic E-state index is 4.34. The predicted octanol–water partition coefficient (Wildman–Crippen LogP) is 2.28. The molecule has 2 rings (SSSR count). The normalized spacial score (nSPS) is 15.0. The van der Waals surface area contributed by atoms with E-state index in [0.29, 0.717) is 0 Å². The minimum atomic E-state index is 0.909. The first-order valence-corrected chi connectivity index (χ1v) is 4.39. The zero-order valence-corrected chi connectivity index (χ0v) is 7.64. The van der Waals surface area contributed by atoms with E-state index >= 15 is 0 Å². The van der Waals surface area contributed by atoms with Crippen molar-refractivity contribution in [1.82, 2.24) is 4.98 Å². The Morgan fingerprint density at radius 1 is 1.31 bits per heavy atom. The summed E-state index contributed by atoms with van der Waals surface area (Å²) in [6.45, 7) is 2.95. The van der Waals surface area contributed by atoms with Crippen LogP contribution in [-0.2, 0) is 0 Å². The summed E-state index contributed by atoms with van der Waals surface area (Å²) >= 11 is 0. The highest BCUT2D eigenvalue weighted by Crippen LogP contribution is 2.13. The summed E-state index contributed by atoms with van der Waals surface area (Å²) in [5, 5.41) is 0. The lowest BCUT2D eigenvalue weighted by atomic mass is 10.3. The molecule has 1 aliphatic rings. The quantitative estimate of drug-likeness (QED) is 0.646. The van der Waals surface area contributed by atoms with Crippen LogP contribution in [0.25, 0.3) is 0 Å². The smallest absolute Gasteiger partial charge is 0.132 e.